The van der Waals surface area contributed by atoms with Crippen LogP contribution in [0.5, 0.6) is 5.75 Å². The molecule has 2 nitrogen and oxygen atoms in total. The normalized spacial score (nSPS) is 14.9. The van der Waals surface area contributed by atoms with Gasteiger partial charge in [0.1, 0.15) is 5.75 Å². The van der Waals surface area contributed by atoms with Crippen LogP contribution >= 0.6 is 22.9 Å². The Morgan fingerprint density at radius 3 is 3.05 bits per heavy atom. The number of hydrogen-bond donors (Lipinski definition) is 1. The first kappa shape index (κ1) is 13.9. The molecule has 0 radical (unpaired) electrons. The highest BCUT2D eigenvalue weighted by Crippen LogP contribution is 2.35. The van der Waals surface area contributed by atoms with Gasteiger partial charge in [-0.05, 0) is 41.6 Å². The molecule has 0 spiro atoms. The van der Waals surface area contributed by atoms with Crippen molar-refractivity contribution in [1.82, 2.24) is 5.32 Å². The van der Waals surface area contributed by atoms with E-state index < -0.39 is 0 Å². The molecule has 4 heteroatoms. The molecular formula is C16H18ClNOS. The predicted octanol–water partition coefficient (Wildman–Crippen LogP) is 4.43. The number of benzene rings is 1. The molecule has 1 N–H and O–H groups in total. The molecule has 0 bridgehead atoms. The third-order valence-electron chi connectivity index (χ3n) is 3.55. The topological polar surface area (TPSA) is 21.3 Å². The Kier molecular flexibility index (Phi) is 4.29. The lowest BCUT2D eigenvalue weighted by Gasteiger charge is -2.19. The number of thiophene rings is 1. The number of ether oxygens (including phenoxy) is 1. The van der Waals surface area contributed by atoms with Gasteiger partial charge in [0.2, 0.25) is 0 Å². The van der Waals surface area contributed by atoms with Gasteiger partial charge >= 0.3 is 0 Å². The third kappa shape index (κ3) is 2.71. The summed E-state index contributed by atoms with van der Waals surface area (Å²) in [5, 5.41) is 6.50. The summed E-state index contributed by atoms with van der Waals surface area (Å²) in [6, 6.07) is 8.63. The lowest BCUT2D eigenvalue weighted by Crippen LogP contribution is -2.22. The van der Waals surface area contributed by atoms with Gasteiger partial charge in [-0.3, -0.25) is 0 Å². The van der Waals surface area contributed by atoms with Gasteiger partial charge in [0, 0.05) is 11.3 Å². The van der Waals surface area contributed by atoms with E-state index in [-0.39, 0.29) is 6.04 Å². The van der Waals surface area contributed by atoms with Gasteiger partial charge in [-0.25, -0.2) is 0 Å². The summed E-state index contributed by atoms with van der Waals surface area (Å²) in [5.74, 6) is 1.03. The summed E-state index contributed by atoms with van der Waals surface area (Å²) in [6.07, 6.45) is 2.11. The summed E-state index contributed by atoms with van der Waals surface area (Å²) in [7, 11) is 0. The SMILES string of the molecule is CCCNC(c1ccc2c(c1)CCO2)c1sccc1Cl. The molecule has 1 unspecified atom stereocenters. The Bertz CT molecular complexity index is 596. The van der Waals surface area contributed by atoms with E-state index in [0.717, 1.165) is 36.8 Å². The Hall–Kier alpha value is -1.03. The van der Waals surface area contributed by atoms with Crippen molar-refractivity contribution in [3.8, 4) is 5.75 Å². The van der Waals surface area contributed by atoms with Crippen molar-refractivity contribution in [1.29, 1.82) is 0 Å². The fourth-order valence-electron chi connectivity index (χ4n) is 2.55. The molecule has 0 aliphatic carbocycles. The third-order valence-corrected chi connectivity index (χ3v) is 4.98. The second kappa shape index (κ2) is 6.17. The number of hydrogen-bond acceptors (Lipinski definition) is 3. The molecule has 1 aliphatic rings. The van der Waals surface area contributed by atoms with Crippen LogP contribution in [0.4, 0.5) is 0 Å². The molecular weight excluding hydrogens is 290 g/mol. The first-order valence-corrected chi connectivity index (χ1v) is 8.27. The van der Waals surface area contributed by atoms with Crippen LogP contribution in [-0.4, -0.2) is 13.2 Å². The molecule has 0 fully saturated rings. The fraction of sp³-hybridized carbons (Fsp3) is 0.375. The van der Waals surface area contributed by atoms with Crippen LogP contribution in [0.2, 0.25) is 5.02 Å². The average Bonchev–Trinajstić information content (AvgIpc) is 3.08. The van der Waals surface area contributed by atoms with E-state index in [2.05, 4.69) is 35.8 Å². The van der Waals surface area contributed by atoms with E-state index >= 15 is 0 Å². The minimum absolute atomic E-state index is 0.174. The van der Waals surface area contributed by atoms with Crippen LogP contribution in [0.15, 0.2) is 29.6 Å². The molecule has 20 heavy (non-hydrogen) atoms. The maximum atomic E-state index is 6.33. The smallest absolute Gasteiger partial charge is 0.122 e. The Balaban J connectivity index is 1.94. The zero-order valence-electron chi connectivity index (χ0n) is 11.5. The first-order valence-electron chi connectivity index (χ1n) is 7.01. The van der Waals surface area contributed by atoms with Gasteiger partial charge < -0.3 is 10.1 Å². The van der Waals surface area contributed by atoms with Gasteiger partial charge in [-0.1, -0.05) is 30.7 Å². The molecule has 1 aliphatic heterocycles. The van der Waals surface area contributed by atoms with E-state index in [0.29, 0.717) is 0 Å². The first-order chi connectivity index (χ1) is 9.79. The number of fused-ring (bicyclic) bond motifs is 1. The van der Waals surface area contributed by atoms with Crippen LogP contribution in [0, 0.1) is 0 Å². The largest absolute Gasteiger partial charge is 0.493 e. The lowest BCUT2D eigenvalue weighted by molar-refractivity contribution is 0.357. The Morgan fingerprint density at radius 1 is 1.40 bits per heavy atom. The lowest BCUT2D eigenvalue weighted by atomic mass is 10.0. The summed E-state index contributed by atoms with van der Waals surface area (Å²) >= 11 is 8.04. The summed E-state index contributed by atoms with van der Waals surface area (Å²) in [5.41, 5.74) is 2.57. The van der Waals surface area contributed by atoms with E-state index in [1.54, 1.807) is 11.3 Å². The fourth-order valence-corrected chi connectivity index (χ4v) is 3.82. The van der Waals surface area contributed by atoms with Crippen LogP contribution in [0.3, 0.4) is 0 Å². The molecule has 2 aromatic rings. The van der Waals surface area contributed by atoms with Gasteiger partial charge in [0.05, 0.1) is 17.7 Å². The summed E-state index contributed by atoms with van der Waals surface area (Å²) in [6.45, 7) is 3.95. The minimum atomic E-state index is 0.174. The van der Waals surface area contributed by atoms with Crippen LogP contribution in [0.25, 0.3) is 0 Å². The van der Waals surface area contributed by atoms with Crippen LogP contribution in [0.1, 0.15) is 35.4 Å². The van der Waals surface area contributed by atoms with E-state index in [4.69, 9.17) is 16.3 Å². The molecule has 106 valence electrons. The highest BCUT2D eigenvalue weighted by molar-refractivity contribution is 7.10. The monoisotopic (exact) mass is 307 g/mol. The summed E-state index contributed by atoms with van der Waals surface area (Å²) in [4.78, 5) is 1.19. The van der Waals surface area contributed by atoms with Crippen molar-refractivity contribution < 1.29 is 4.74 Å². The van der Waals surface area contributed by atoms with Gasteiger partial charge in [-0.15, -0.1) is 11.3 Å². The van der Waals surface area contributed by atoms with Crippen molar-refractivity contribution in [2.75, 3.05) is 13.2 Å². The molecule has 3 rings (SSSR count). The highest BCUT2D eigenvalue weighted by Gasteiger charge is 2.20. The van der Waals surface area contributed by atoms with Crippen LogP contribution < -0.4 is 10.1 Å². The second-order valence-electron chi connectivity index (χ2n) is 4.99. The molecule has 1 aromatic carbocycles. The van der Waals surface area contributed by atoms with E-state index in [1.165, 1.54) is 16.0 Å². The van der Waals surface area contributed by atoms with Crippen molar-refractivity contribution >= 4 is 22.9 Å². The highest BCUT2D eigenvalue weighted by atomic mass is 35.5. The maximum absolute atomic E-state index is 6.33. The molecule has 0 amide bonds. The van der Waals surface area contributed by atoms with Crippen molar-refractivity contribution in [3.63, 3.8) is 0 Å². The Labute approximate surface area is 128 Å². The second-order valence-corrected chi connectivity index (χ2v) is 6.34. The number of halogens is 1. The van der Waals surface area contributed by atoms with Gasteiger partial charge in [0.25, 0.3) is 0 Å². The molecule has 1 atom stereocenters. The molecule has 0 saturated heterocycles. The average molecular weight is 308 g/mol. The van der Waals surface area contributed by atoms with Crippen molar-refractivity contribution in [3.05, 3.63) is 50.7 Å². The minimum Gasteiger partial charge on any atom is -0.493 e. The summed E-state index contributed by atoms with van der Waals surface area (Å²) < 4.78 is 5.58. The van der Waals surface area contributed by atoms with E-state index in [1.807, 2.05) is 6.07 Å². The van der Waals surface area contributed by atoms with E-state index in [9.17, 15) is 0 Å². The standard InChI is InChI=1S/C16H18ClNOS/c1-2-7-18-15(16-13(17)6-9-20-16)12-3-4-14-11(10-12)5-8-19-14/h3-4,6,9-10,15,18H,2,5,7-8H2,1H3. The van der Waals surface area contributed by atoms with Crippen molar-refractivity contribution in [2.24, 2.45) is 0 Å². The van der Waals surface area contributed by atoms with Gasteiger partial charge in [-0.2, -0.15) is 0 Å². The zero-order valence-corrected chi connectivity index (χ0v) is 13.1. The zero-order chi connectivity index (χ0) is 13.9. The van der Waals surface area contributed by atoms with Gasteiger partial charge in [0.15, 0.2) is 0 Å². The molecule has 1 aromatic heterocycles. The Morgan fingerprint density at radius 2 is 2.30 bits per heavy atom. The maximum Gasteiger partial charge on any atom is 0.122 e. The number of rotatable bonds is 5. The quantitative estimate of drug-likeness (QED) is 0.882. The predicted molar refractivity (Wildman–Crippen MR) is 85.1 cm³/mol. The van der Waals surface area contributed by atoms with Crippen LogP contribution in [-0.2, 0) is 6.42 Å². The molecule has 2 heterocycles. The van der Waals surface area contributed by atoms with Crippen molar-refractivity contribution in [2.45, 2.75) is 25.8 Å². The number of nitrogens with one attached hydrogen (secondary N) is 1. The molecule has 0 saturated carbocycles.